The van der Waals surface area contributed by atoms with Crippen molar-refractivity contribution in [2.75, 3.05) is 5.73 Å². The molecule has 0 atom stereocenters. The minimum absolute atomic E-state index is 0.00536. The number of ketones is 1. The van der Waals surface area contributed by atoms with Gasteiger partial charge in [-0.25, -0.2) is 0 Å². The molecule has 3 rings (SSSR count). The molecule has 1 aromatic heterocycles. The zero-order valence-electron chi connectivity index (χ0n) is 16.6. The molecule has 0 aliphatic rings. The number of carbonyl (C=O) groups is 1. The Hall–Kier alpha value is -2.07. The Morgan fingerprint density at radius 1 is 0.966 bits per heavy atom. The molecule has 0 saturated heterocycles. The molecule has 0 amide bonds. The van der Waals surface area contributed by atoms with Crippen molar-refractivity contribution in [2.24, 2.45) is 5.41 Å². The molecule has 1 heterocycles. The minimum atomic E-state index is -0.0687. The summed E-state index contributed by atoms with van der Waals surface area (Å²) >= 11 is 13.4. The van der Waals surface area contributed by atoms with Crippen LogP contribution in [0, 0.1) is 5.41 Å². The lowest BCUT2D eigenvalue weighted by atomic mass is 9.85. The van der Waals surface area contributed by atoms with Gasteiger partial charge < -0.3 is 5.73 Å². The average Bonchev–Trinajstić information content (AvgIpc) is 2.94. The van der Waals surface area contributed by atoms with Crippen LogP contribution in [0.4, 0.5) is 5.00 Å². The van der Waals surface area contributed by atoms with Crippen molar-refractivity contribution in [1.82, 2.24) is 0 Å². The van der Waals surface area contributed by atoms with Crippen LogP contribution in [0.1, 0.15) is 52.7 Å². The van der Waals surface area contributed by atoms with Crippen LogP contribution >= 0.6 is 34.5 Å². The van der Waals surface area contributed by atoms with Gasteiger partial charge in [0.25, 0.3) is 0 Å². The first-order chi connectivity index (χ1) is 13.6. The van der Waals surface area contributed by atoms with Gasteiger partial charge in [0.15, 0.2) is 5.78 Å². The molecule has 0 fully saturated rings. The van der Waals surface area contributed by atoms with Crippen molar-refractivity contribution in [3.05, 3.63) is 85.7 Å². The van der Waals surface area contributed by atoms with Gasteiger partial charge in [-0.15, -0.1) is 11.3 Å². The lowest BCUT2D eigenvalue weighted by molar-refractivity contribution is 0.103. The highest BCUT2D eigenvalue weighted by Gasteiger charge is 2.25. The van der Waals surface area contributed by atoms with Crippen LogP contribution in [0.25, 0.3) is 12.2 Å². The predicted molar refractivity (Wildman–Crippen MR) is 127 cm³/mol. The van der Waals surface area contributed by atoms with Gasteiger partial charge >= 0.3 is 0 Å². The molecule has 0 unspecified atom stereocenters. The Labute approximate surface area is 186 Å². The molecule has 2 aromatic carbocycles. The largest absolute Gasteiger partial charge is 0.390 e. The molecular weight excluding hydrogens is 421 g/mol. The van der Waals surface area contributed by atoms with Crippen LogP contribution < -0.4 is 5.73 Å². The number of rotatable bonds is 5. The summed E-state index contributed by atoms with van der Waals surface area (Å²) in [6, 6.07) is 14.6. The van der Waals surface area contributed by atoms with Crippen LogP contribution in [0.15, 0.2) is 48.5 Å². The maximum atomic E-state index is 13.3. The third kappa shape index (κ3) is 5.51. The molecule has 2 nitrogen and oxygen atoms in total. The van der Waals surface area contributed by atoms with Crippen LogP contribution in [0.5, 0.6) is 0 Å². The van der Waals surface area contributed by atoms with E-state index in [4.69, 9.17) is 28.9 Å². The van der Waals surface area contributed by atoms with Crippen molar-refractivity contribution < 1.29 is 4.79 Å². The van der Waals surface area contributed by atoms with Gasteiger partial charge in [-0.05, 0) is 65.4 Å². The number of nitrogens with two attached hydrogens (primary N) is 1. The number of anilines is 1. The number of hydrogen-bond donors (Lipinski definition) is 1. The van der Waals surface area contributed by atoms with Gasteiger partial charge in [-0.2, -0.15) is 0 Å². The Bertz CT molecular complexity index is 1040. The third-order valence-electron chi connectivity index (χ3n) is 4.40. The second-order valence-electron chi connectivity index (χ2n) is 8.14. The number of benzene rings is 2. The summed E-state index contributed by atoms with van der Waals surface area (Å²) in [5, 5.41) is 1.84. The van der Waals surface area contributed by atoms with E-state index in [-0.39, 0.29) is 11.2 Å². The van der Waals surface area contributed by atoms with Gasteiger partial charge in [0.2, 0.25) is 0 Å². The number of halogens is 2. The molecule has 2 N–H and O–H groups in total. The fraction of sp³-hybridized carbons (Fsp3) is 0.208. The van der Waals surface area contributed by atoms with Crippen molar-refractivity contribution in [3.8, 4) is 0 Å². The lowest BCUT2D eigenvalue weighted by Crippen LogP contribution is -2.14. The van der Waals surface area contributed by atoms with E-state index in [9.17, 15) is 4.79 Å². The summed E-state index contributed by atoms with van der Waals surface area (Å²) in [6.07, 6.45) is 4.80. The standard InChI is InChI=1S/C24H23Cl2NOS/c1-24(2,3)14-19-20(13-6-15-4-9-17(25)10-5-15)29-23(27)21(19)22(28)16-7-11-18(26)12-8-16/h4-13H,14,27H2,1-3H3/b13-6+. The van der Waals surface area contributed by atoms with E-state index < -0.39 is 0 Å². The maximum absolute atomic E-state index is 13.3. The summed E-state index contributed by atoms with van der Waals surface area (Å²) < 4.78 is 0. The zero-order chi connectivity index (χ0) is 21.2. The van der Waals surface area contributed by atoms with Crippen LogP contribution in [-0.2, 0) is 6.42 Å². The first-order valence-electron chi connectivity index (χ1n) is 9.29. The Kier molecular flexibility index (Phi) is 6.52. The minimum Gasteiger partial charge on any atom is -0.390 e. The van der Waals surface area contributed by atoms with Crippen LogP contribution in [0.2, 0.25) is 10.0 Å². The monoisotopic (exact) mass is 443 g/mol. The fourth-order valence-corrected chi connectivity index (χ4v) is 4.32. The predicted octanol–water partition coefficient (Wildman–Crippen LogP) is 7.63. The molecule has 0 saturated carbocycles. The number of hydrogen-bond acceptors (Lipinski definition) is 3. The van der Waals surface area contributed by atoms with Gasteiger partial charge in [0.1, 0.15) is 0 Å². The van der Waals surface area contributed by atoms with E-state index in [0.717, 1.165) is 22.4 Å². The molecular formula is C24H23Cl2NOS. The highest BCUT2D eigenvalue weighted by Crippen LogP contribution is 2.38. The SMILES string of the molecule is CC(C)(C)Cc1c(/C=C/c2ccc(Cl)cc2)sc(N)c1C(=O)c1ccc(Cl)cc1. The number of carbonyl (C=O) groups excluding carboxylic acids is 1. The lowest BCUT2D eigenvalue weighted by Gasteiger charge is -2.19. The van der Waals surface area contributed by atoms with E-state index in [1.54, 1.807) is 24.3 Å². The van der Waals surface area contributed by atoms with E-state index in [0.29, 0.717) is 26.2 Å². The smallest absolute Gasteiger partial charge is 0.196 e. The van der Waals surface area contributed by atoms with Crippen LogP contribution in [-0.4, -0.2) is 5.78 Å². The van der Waals surface area contributed by atoms with Crippen LogP contribution in [0.3, 0.4) is 0 Å². The normalized spacial score (nSPS) is 11.9. The topological polar surface area (TPSA) is 43.1 Å². The molecule has 3 aromatic rings. The van der Waals surface area contributed by atoms with Crippen molar-refractivity contribution in [2.45, 2.75) is 27.2 Å². The highest BCUT2D eigenvalue weighted by molar-refractivity contribution is 7.17. The quantitative estimate of drug-likeness (QED) is 0.411. The maximum Gasteiger partial charge on any atom is 0.196 e. The summed E-state index contributed by atoms with van der Waals surface area (Å²) in [4.78, 5) is 14.3. The summed E-state index contributed by atoms with van der Waals surface area (Å²) in [7, 11) is 0. The molecule has 150 valence electrons. The van der Waals surface area contributed by atoms with E-state index >= 15 is 0 Å². The molecule has 0 bridgehead atoms. The van der Waals surface area contributed by atoms with Gasteiger partial charge in [-0.1, -0.05) is 62.2 Å². The number of thiophene rings is 1. The van der Waals surface area contributed by atoms with Gasteiger partial charge in [-0.3, -0.25) is 4.79 Å². The zero-order valence-corrected chi connectivity index (χ0v) is 19.0. The van der Waals surface area contributed by atoms with Gasteiger partial charge in [0, 0.05) is 20.5 Å². The fourth-order valence-electron chi connectivity index (χ4n) is 3.08. The second kappa shape index (κ2) is 8.74. The van der Waals surface area contributed by atoms with E-state index in [1.165, 1.54) is 11.3 Å². The molecule has 0 spiro atoms. The first-order valence-corrected chi connectivity index (χ1v) is 10.9. The molecule has 0 aliphatic carbocycles. The van der Waals surface area contributed by atoms with Crippen molar-refractivity contribution in [1.29, 1.82) is 0 Å². The Morgan fingerprint density at radius 3 is 2.07 bits per heavy atom. The summed E-state index contributed by atoms with van der Waals surface area (Å²) in [5.41, 5.74) is 9.56. The molecule has 0 radical (unpaired) electrons. The number of nitrogen functional groups attached to an aromatic ring is 1. The Balaban J connectivity index is 2.05. The average molecular weight is 444 g/mol. The second-order valence-corrected chi connectivity index (χ2v) is 10.1. The molecule has 5 heteroatoms. The third-order valence-corrected chi connectivity index (χ3v) is 5.93. The van der Waals surface area contributed by atoms with Crippen molar-refractivity contribution in [3.63, 3.8) is 0 Å². The Morgan fingerprint density at radius 2 is 1.52 bits per heavy atom. The first kappa shape index (κ1) is 21.6. The van der Waals surface area contributed by atoms with Gasteiger partial charge in [0.05, 0.1) is 10.6 Å². The molecule has 29 heavy (non-hydrogen) atoms. The summed E-state index contributed by atoms with van der Waals surface area (Å²) in [6.45, 7) is 6.47. The highest BCUT2D eigenvalue weighted by atomic mass is 35.5. The van der Waals surface area contributed by atoms with Crippen molar-refractivity contribution >= 4 is 57.5 Å². The molecule has 0 aliphatic heterocycles. The summed E-state index contributed by atoms with van der Waals surface area (Å²) in [5.74, 6) is -0.0687. The van der Waals surface area contributed by atoms with E-state index in [2.05, 4.69) is 20.8 Å². The van der Waals surface area contributed by atoms with E-state index in [1.807, 2.05) is 36.4 Å².